The molecule has 1 aromatic carbocycles. The lowest BCUT2D eigenvalue weighted by Crippen LogP contribution is -3.00. The van der Waals surface area contributed by atoms with Gasteiger partial charge in [0.15, 0.2) is 6.04 Å². The zero-order valence-corrected chi connectivity index (χ0v) is 23.0. The number of quaternary nitrogens is 1. The number of nitrogens with zero attached hydrogens (tertiary/aromatic N) is 1. The molecule has 15 heteroatoms. The van der Waals surface area contributed by atoms with Gasteiger partial charge in [-0.05, 0) is 38.1 Å². The molecule has 0 spiro atoms. The molecule has 0 aliphatic carbocycles. The maximum atomic E-state index is 12.6. The number of rotatable bonds is 13. The Labute approximate surface area is 227 Å². The van der Waals surface area contributed by atoms with Crippen LogP contribution in [0.5, 0.6) is 0 Å². The summed E-state index contributed by atoms with van der Waals surface area (Å²) in [6.45, 7) is 3.16. The number of nitrogens with one attached hydrogen (secondary N) is 2. The number of halogens is 2. The maximum Gasteiger partial charge on any atom is 0.364 e. The van der Waals surface area contributed by atoms with Crippen LogP contribution < -0.4 is 33.8 Å². The Morgan fingerprint density at radius 2 is 1.72 bits per heavy atom. The Morgan fingerprint density at radius 3 is 2.31 bits per heavy atom. The molecule has 0 saturated heterocycles. The Morgan fingerprint density at radius 1 is 1.11 bits per heavy atom. The highest BCUT2D eigenvalue weighted by atomic mass is 79.9. The van der Waals surface area contributed by atoms with E-state index >= 15 is 0 Å². The molecule has 0 aliphatic heterocycles. The van der Waals surface area contributed by atoms with Crippen molar-refractivity contribution < 1.29 is 56.8 Å². The van der Waals surface area contributed by atoms with Crippen LogP contribution >= 0.6 is 27.7 Å². The summed E-state index contributed by atoms with van der Waals surface area (Å²) >= 11 is 3.84. The fourth-order valence-electron chi connectivity index (χ4n) is 2.53. The highest BCUT2D eigenvalue weighted by molar-refractivity contribution is 9.10. The minimum atomic E-state index is -1.21. The van der Waals surface area contributed by atoms with E-state index in [0.29, 0.717) is 16.8 Å². The summed E-state index contributed by atoms with van der Waals surface area (Å²) in [6.07, 6.45) is -0.0415. The van der Waals surface area contributed by atoms with Gasteiger partial charge in [0.2, 0.25) is 11.8 Å². The smallest absolute Gasteiger partial charge is 0.364 e. The highest BCUT2D eigenvalue weighted by Gasteiger charge is 2.26. The largest absolute Gasteiger partial charge is 1.00 e. The number of thioether (sulfide) groups is 1. The van der Waals surface area contributed by atoms with E-state index in [-0.39, 0.29) is 49.9 Å². The van der Waals surface area contributed by atoms with Gasteiger partial charge in [-0.2, -0.15) is 5.06 Å². The number of ether oxygens (including phenoxy) is 2. The second-order valence-corrected chi connectivity index (χ2v) is 8.88. The van der Waals surface area contributed by atoms with E-state index < -0.39 is 47.6 Å². The maximum absolute atomic E-state index is 12.6. The first-order valence-electron chi connectivity index (χ1n) is 10.7. The van der Waals surface area contributed by atoms with Crippen LogP contribution in [0, 0.1) is 0 Å². The highest BCUT2D eigenvalue weighted by Crippen LogP contribution is 2.21. The fourth-order valence-corrected chi connectivity index (χ4v) is 3.57. The van der Waals surface area contributed by atoms with Crippen molar-refractivity contribution in [3.8, 4) is 0 Å². The van der Waals surface area contributed by atoms with E-state index in [1.165, 1.54) is 12.1 Å². The van der Waals surface area contributed by atoms with Crippen LogP contribution in [-0.4, -0.2) is 71.8 Å². The number of hydroxylamine groups is 1. The molecule has 12 nitrogen and oxygen atoms in total. The van der Waals surface area contributed by atoms with Crippen LogP contribution in [0.4, 0.5) is 10.5 Å². The minimum Gasteiger partial charge on any atom is -1.00 e. The van der Waals surface area contributed by atoms with Crippen LogP contribution in [0.2, 0.25) is 0 Å². The topological polar surface area (TPSA) is 179 Å². The summed E-state index contributed by atoms with van der Waals surface area (Å²) < 4.78 is 10.4. The van der Waals surface area contributed by atoms with E-state index in [2.05, 4.69) is 32.3 Å². The Kier molecular flexibility index (Phi) is 16.8. The van der Waals surface area contributed by atoms with E-state index in [1.807, 2.05) is 0 Å². The molecule has 1 unspecified atom stereocenters. The van der Waals surface area contributed by atoms with Gasteiger partial charge in [0.1, 0.15) is 12.6 Å². The molecule has 0 aliphatic rings. The van der Waals surface area contributed by atoms with Gasteiger partial charge in [-0.15, -0.1) is 0 Å². The van der Waals surface area contributed by atoms with Gasteiger partial charge in [0.05, 0.1) is 18.9 Å². The van der Waals surface area contributed by atoms with Gasteiger partial charge in [0, 0.05) is 23.1 Å². The predicted molar refractivity (Wildman–Crippen MR) is 130 cm³/mol. The first kappa shape index (κ1) is 33.6. The van der Waals surface area contributed by atoms with Crippen LogP contribution in [0.1, 0.15) is 26.7 Å². The van der Waals surface area contributed by atoms with E-state index in [4.69, 9.17) is 9.47 Å². The van der Waals surface area contributed by atoms with Gasteiger partial charge < -0.3 is 38.2 Å². The van der Waals surface area contributed by atoms with Crippen LogP contribution in [-0.2, 0) is 28.7 Å². The standard InChI is InChI=1S/C21H29BrN4O8S.ClH/c1-3-33-18(28)11-24-19(29)16(25-17(27)10-9-15(23)20(30)34-4-2)12-35-21(31)26(32)14-7-5-13(22)6-8-14;/h5-8,15-16,32H,3-4,9-12,23H2,1-2H3,(H,24,29)(H,25,27);1H/t15?,16-;/m0./s1. The number of benzene rings is 1. The minimum absolute atomic E-state index is 0. The summed E-state index contributed by atoms with van der Waals surface area (Å²) in [5, 5.41) is 14.6. The van der Waals surface area contributed by atoms with Crippen LogP contribution in [0.3, 0.4) is 0 Å². The molecule has 0 bridgehead atoms. The van der Waals surface area contributed by atoms with Crippen molar-refractivity contribution in [3.63, 3.8) is 0 Å². The summed E-state index contributed by atoms with van der Waals surface area (Å²) in [5.41, 5.74) is 3.86. The Bertz CT molecular complexity index is 893. The van der Waals surface area contributed by atoms with Crippen molar-refractivity contribution in [1.29, 1.82) is 0 Å². The Balaban J connectivity index is 0.0000122. The molecule has 3 amide bonds. The molecule has 0 fully saturated rings. The molecule has 6 N–H and O–H groups in total. The number of anilines is 1. The van der Waals surface area contributed by atoms with E-state index in [1.54, 1.807) is 26.0 Å². The number of hydrogen-bond donors (Lipinski definition) is 4. The second-order valence-electron chi connectivity index (χ2n) is 7.00. The van der Waals surface area contributed by atoms with Gasteiger partial charge in [-0.25, -0.2) is 4.79 Å². The van der Waals surface area contributed by atoms with Crippen molar-refractivity contribution >= 4 is 62.4 Å². The second kappa shape index (κ2) is 17.9. The van der Waals surface area contributed by atoms with Gasteiger partial charge in [-0.3, -0.25) is 24.4 Å². The first-order chi connectivity index (χ1) is 16.6. The van der Waals surface area contributed by atoms with E-state index in [0.717, 1.165) is 4.47 Å². The van der Waals surface area contributed by atoms with Crippen molar-refractivity contribution in [2.45, 2.75) is 38.8 Å². The third kappa shape index (κ3) is 12.5. The molecule has 36 heavy (non-hydrogen) atoms. The molecular formula is C21H30BrClN4O8S. The average molecular weight is 614 g/mol. The SMILES string of the molecule is CCOC(=O)CNC(=O)[C@H](CSC(=O)N(O)c1ccc(Br)cc1)NC(=O)CCC([NH3+])C(=O)OCC.[Cl-]. The number of esters is 2. The molecule has 0 aromatic heterocycles. The van der Waals surface area contributed by atoms with Crippen molar-refractivity contribution in [2.75, 3.05) is 30.6 Å². The molecule has 202 valence electrons. The quantitative estimate of drug-likeness (QED) is 0.107. The van der Waals surface area contributed by atoms with E-state index in [9.17, 15) is 29.2 Å². The van der Waals surface area contributed by atoms with Gasteiger partial charge >= 0.3 is 17.2 Å². The molecule has 0 heterocycles. The molecule has 1 aromatic rings. The molecule has 2 atom stereocenters. The third-order valence-electron chi connectivity index (χ3n) is 4.32. The lowest BCUT2D eigenvalue weighted by molar-refractivity contribution is -0.409. The average Bonchev–Trinajstić information content (AvgIpc) is 2.83. The lowest BCUT2D eigenvalue weighted by atomic mass is 10.1. The van der Waals surface area contributed by atoms with Crippen molar-refractivity contribution in [2.24, 2.45) is 0 Å². The fraction of sp³-hybridized carbons (Fsp3) is 0.476. The van der Waals surface area contributed by atoms with Crippen molar-refractivity contribution in [1.82, 2.24) is 10.6 Å². The molecule has 0 saturated carbocycles. The summed E-state index contributed by atoms with van der Waals surface area (Å²) in [7, 11) is 0. The molecule has 0 radical (unpaired) electrons. The third-order valence-corrected chi connectivity index (χ3v) is 5.77. The number of carbonyl (C=O) groups excluding carboxylic acids is 5. The number of hydrogen-bond acceptors (Lipinski definition) is 9. The lowest BCUT2D eigenvalue weighted by Gasteiger charge is -2.19. The molecular weight excluding hydrogens is 584 g/mol. The van der Waals surface area contributed by atoms with Gasteiger partial charge in [0.25, 0.3) is 0 Å². The number of amides is 3. The Hall–Kier alpha value is -2.39. The summed E-state index contributed by atoms with van der Waals surface area (Å²) in [6, 6.07) is 4.30. The first-order valence-corrected chi connectivity index (χ1v) is 12.5. The summed E-state index contributed by atoms with van der Waals surface area (Å²) in [4.78, 5) is 60.6. The van der Waals surface area contributed by atoms with Crippen LogP contribution in [0.25, 0.3) is 0 Å². The predicted octanol–water partition coefficient (Wildman–Crippen LogP) is -2.38. The van der Waals surface area contributed by atoms with Crippen LogP contribution in [0.15, 0.2) is 28.7 Å². The normalized spacial score (nSPS) is 11.8. The van der Waals surface area contributed by atoms with Crippen molar-refractivity contribution in [3.05, 3.63) is 28.7 Å². The zero-order chi connectivity index (χ0) is 26.4. The monoisotopic (exact) mass is 612 g/mol. The van der Waals surface area contributed by atoms with Gasteiger partial charge in [-0.1, -0.05) is 27.7 Å². The summed E-state index contributed by atoms with van der Waals surface area (Å²) in [5.74, 6) is -2.74. The molecule has 1 rings (SSSR count). The zero-order valence-electron chi connectivity index (χ0n) is 19.8. The number of carbonyl (C=O) groups is 5.